The van der Waals surface area contributed by atoms with Gasteiger partial charge in [-0.05, 0) is 0 Å². The van der Waals surface area contributed by atoms with Crippen molar-refractivity contribution in [3.63, 3.8) is 0 Å². The van der Waals surface area contributed by atoms with Crippen molar-refractivity contribution in [2.45, 2.75) is 231 Å². The van der Waals surface area contributed by atoms with Crippen LogP contribution in [0.2, 0.25) is 0 Å². The van der Waals surface area contributed by atoms with Crippen molar-refractivity contribution < 1.29 is 0 Å². The molecule has 0 saturated heterocycles. The normalized spacial score (nSPS) is 24.0. The molecule has 0 radical (unpaired) electrons. The maximum absolute atomic E-state index is 1.50. The molecule has 0 unspecified atom stereocenters. The third-order valence-corrected chi connectivity index (χ3v) is 9.00. The summed E-state index contributed by atoms with van der Waals surface area (Å²) in [7, 11) is 0. The Morgan fingerprint density at radius 1 is 0.0556 bits per heavy atom. The van der Waals surface area contributed by atoms with Crippen molar-refractivity contribution in [3.8, 4) is 0 Å². The van der Waals surface area contributed by atoms with E-state index in [4.69, 9.17) is 0 Å². The van der Waals surface area contributed by atoms with Gasteiger partial charge in [0.2, 0.25) is 0 Å². The summed E-state index contributed by atoms with van der Waals surface area (Å²) in [5, 5.41) is 0. The molecule has 0 heteroatoms. The van der Waals surface area contributed by atoms with Crippen molar-refractivity contribution in [1.29, 1.82) is 0 Å². The van der Waals surface area contributed by atoms with Crippen molar-refractivity contribution in [1.82, 2.24) is 0 Å². The second-order valence-electron chi connectivity index (χ2n) is 12.7. The highest BCUT2D eigenvalue weighted by Gasteiger charge is 1.98. The van der Waals surface area contributed by atoms with E-state index in [1.165, 1.54) is 231 Å². The highest BCUT2D eigenvalue weighted by molar-refractivity contribution is 4.54. The maximum Gasteiger partial charge on any atom is -0.0533 e. The van der Waals surface area contributed by atoms with Crippen LogP contribution in [-0.2, 0) is 0 Å². The Hall–Kier alpha value is 0. The monoisotopic (exact) mass is 505 g/mol. The molecule has 0 aromatic rings. The van der Waals surface area contributed by atoms with Gasteiger partial charge in [0.05, 0.1) is 0 Å². The minimum absolute atomic E-state index is 1.50. The molecule has 36 heavy (non-hydrogen) atoms. The largest absolute Gasteiger partial charge is 0.0533 e. The first-order chi connectivity index (χ1) is 18.0. The third-order valence-electron chi connectivity index (χ3n) is 9.00. The molecule has 0 bridgehead atoms. The molecule has 5 aliphatic rings. The lowest BCUT2D eigenvalue weighted by atomic mass is 10.0. The molecule has 5 aliphatic carbocycles. The van der Waals surface area contributed by atoms with E-state index < -0.39 is 0 Å². The van der Waals surface area contributed by atoms with E-state index in [2.05, 4.69) is 0 Å². The SMILES string of the molecule is C1CCC1.C1CCC1.C1CCCCCCC1.C1CCCCCCC1.C1CCCCCCCCCCC1. The summed E-state index contributed by atoms with van der Waals surface area (Å²) in [5.41, 5.74) is 0. The van der Waals surface area contributed by atoms with Crippen LogP contribution in [-0.4, -0.2) is 0 Å². The van der Waals surface area contributed by atoms with Crippen LogP contribution in [0.15, 0.2) is 0 Å². The molecule has 0 atom stereocenters. The van der Waals surface area contributed by atoms with Gasteiger partial charge in [-0.1, -0.05) is 231 Å². The Labute approximate surface area is 231 Å². The van der Waals surface area contributed by atoms with Crippen LogP contribution in [0.3, 0.4) is 0 Å². The average molecular weight is 505 g/mol. The highest BCUT2D eigenvalue weighted by Crippen LogP contribution is 2.18. The molecule has 0 heterocycles. The van der Waals surface area contributed by atoms with Gasteiger partial charge in [0, 0.05) is 0 Å². The molecule has 0 aliphatic heterocycles. The van der Waals surface area contributed by atoms with Gasteiger partial charge in [0.15, 0.2) is 0 Å². The summed E-state index contributed by atoms with van der Waals surface area (Å²) in [5.74, 6) is 0. The molecule has 0 aromatic heterocycles. The topological polar surface area (TPSA) is 0 Å². The summed E-state index contributed by atoms with van der Waals surface area (Å²) in [6, 6.07) is 0. The highest BCUT2D eigenvalue weighted by atomic mass is 14.0. The van der Waals surface area contributed by atoms with Gasteiger partial charge in [-0.3, -0.25) is 0 Å². The standard InChI is InChI=1S/C12H24.2C8H16.2C4H8/c1-2-4-6-8-10-12-11-9-7-5-3-1;2*1-2-4-6-8-7-5-3-1;2*1-2-4-3-1/h1-12H2;2*1-8H2;2*1-4H2. The Bertz CT molecular complexity index is 241. The molecular weight excluding hydrogens is 432 g/mol. The van der Waals surface area contributed by atoms with Crippen LogP contribution in [0.5, 0.6) is 0 Å². The maximum atomic E-state index is 1.50. The predicted molar refractivity (Wildman–Crippen MR) is 166 cm³/mol. The first kappa shape index (κ1) is 34.0. The summed E-state index contributed by atoms with van der Waals surface area (Å²) < 4.78 is 0. The van der Waals surface area contributed by atoms with E-state index in [1.807, 2.05) is 0 Å². The molecule has 0 N–H and O–H groups in total. The molecule has 5 saturated carbocycles. The van der Waals surface area contributed by atoms with Gasteiger partial charge in [-0.2, -0.15) is 0 Å². The van der Waals surface area contributed by atoms with Crippen LogP contribution in [0.4, 0.5) is 0 Å². The van der Waals surface area contributed by atoms with Gasteiger partial charge in [-0.25, -0.2) is 0 Å². The fourth-order valence-electron chi connectivity index (χ4n) is 5.45. The van der Waals surface area contributed by atoms with Gasteiger partial charge >= 0.3 is 0 Å². The average Bonchev–Trinajstić information content (AvgIpc) is 2.72. The van der Waals surface area contributed by atoms with E-state index in [0.717, 1.165) is 0 Å². The van der Waals surface area contributed by atoms with Gasteiger partial charge in [-0.15, -0.1) is 0 Å². The van der Waals surface area contributed by atoms with Gasteiger partial charge < -0.3 is 0 Å². The quantitative estimate of drug-likeness (QED) is 0.307. The lowest BCUT2D eigenvalue weighted by molar-refractivity contribution is 0.504. The molecule has 0 amide bonds. The lowest BCUT2D eigenvalue weighted by Gasteiger charge is -2.05. The van der Waals surface area contributed by atoms with Gasteiger partial charge in [0.25, 0.3) is 0 Å². The van der Waals surface area contributed by atoms with Crippen molar-refractivity contribution in [2.75, 3.05) is 0 Å². The molecule has 0 spiro atoms. The zero-order valence-corrected chi connectivity index (χ0v) is 25.5. The second kappa shape index (κ2) is 31.2. The molecule has 216 valence electrons. The van der Waals surface area contributed by atoms with Crippen LogP contribution in [0, 0.1) is 0 Å². The minimum Gasteiger partial charge on any atom is -0.0533 e. The Balaban J connectivity index is 0.000000238. The Morgan fingerprint density at radius 2 is 0.0833 bits per heavy atom. The van der Waals surface area contributed by atoms with E-state index in [0.29, 0.717) is 0 Å². The molecule has 0 aromatic carbocycles. The summed E-state index contributed by atoms with van der Waals surface area (Å²) in [4.78, 5) is 0. The van der Waals surface area contributed by atoms with Crippen LogP contribution >= 0.6 is 0 Å². The number of hydrogen-bond acceptors (Lipinski definition) is 0. The van der Waals surface area contributed by atoms with Crippen molar-refractivity contribution in [3.05, 3.63) is 0 Å². The van der Waals surface area contributed by atoms with E-state index in [9.17, 15) is 0 Å². The molecule has 0 nitrogen and oxygen atoms in total. The molecule has 5 fully saturated rings. The van der Waals surface area contributed by atoms with Gasteiger partial charge in [0.1, 0.15) is 0 Å². The third kappa shape index (κ3) is 28.6. The fourth-order valence-corrected chi connectivity index (χ4v) is 5.45. The zero-order chi connectivity index (χ0) is 25.5. The Morgan fingerprint density at radius 3 is 0.111 bits per heavy atom. The van der Waals surface area contributed by atoms with E-state index >= 15 is 0 Å². The molecule has 5 rings (SSSR count). The van der Waals surface area contributed by atoms with Crippen LogP contribution < -0.4 is 0 Å². The van der Waals surface area contributed by atoms with Crippen LogP contribution in [0.1, 0.15) is 231 Å². The van der Waals surface area contributed by atoms with E-state index in [-0.39, 0.29) is 0 Å². The smallest absolute Gasteiger partial charge is 0.0533 e. The lowest BCUT2D eigenvalue weighted by Crippen LogP contribution is -1.85. The fraction of sp³-hybridized carbons (Fsp3) is 1.00. The Kier molecular flexibility index (Phi) is 29.5. The van der Waals surface area contributed by atoms with Crippen molar-refractivity contribution >= 4 is 0 Å². The molecular formula is C36H72. The number of hydrogen-bond donors (Lipinski definition) is 0. The van der Waals surface area contributed by atoms with Crippen molar-refractivity contribution in [2.24, 2.45) is 0 Å². The van der Waals surface area contributed by atoms with E-state index in [1.54, 1.807) is 0 Å². The predicted octanol–water partition coefficient (Wildman–Crippen LogP) is 14.0. The van der Waals surface area contributed by atoms with Crippen LogP contribution in [0.25, 0.3) is 0 Å². The summed E-state index contributed by atoms with van der Waals surface area (Å²) in [6.07, 6.45) is 54.0. The first-order valence-corrected chi connectivity index (χ1v) is 18.0. The summed E-state index contributed by atoms with van der Waals surface area (Å²) >= 11 is 0. The second-order valence-corrected chi connectivity index (χ2v) is 12.7. The zero-order valence-electron chi connectivity index (χ0n) is 25.5. The number of rotatable bonds is 0. The minimum atomic E-state index is 1.50. The summed E-state index contributed by atoms with van der Waals surface area (Å²) in [6.45, 7) is 0. The first-order valence-electron chi connectivity index (χ1n) is 18.0.